The van der Waals surface area contributed by atoms with Crippen LogP contribution >= 0.6 is 0 Å². The number of rotatable bonds is 4. The topological polar surface area (TPSA) is 91.0 Å². The maximum Gasteiger partial charge on any atom is 0.283 e. The molecule has 8 nitrogen and oxygen atoms in total. The first-order valence-corrected chi connectivity index (χ1v) is 8.31. The zero-order valence-corrected chi connectivity index (χ0v) is 15.2. The van der Waals surface area contributed by atoms with E-state index < -0.39 is 5.91 Å². The third kappa shape index (κ3) is 3.30. The molecule has 0 radical (unpaired) electrons. The summed E-state index contributed by atoms with van der Waals surface area (Å²) < 4.78 is 8.10. The highest BCUT2D eigenvalue weighted by atomic mass is 16.5. The molecule has 0 aliphatic rings. The van der Waals surface area contributed by atoms with Gasteiger partial charge in [-0.1, -0.05) is 0 Å². The maximum atomic E-state index is 12.6. The highest BCUT2D eigenvalue weighted by Gasteiger charge is 2.20. The van der Waals surface area contributed by atoms with E-state index in [1.807, 2.05) is 27.7 Å². The fraction of sp³-hybridized carbons (Fsp3) is 0.333. The molecule has 26 heavy (non-hydrogen) atoms. The largest absolute Gasteiger partial charge is 0.494 e. The molecule has 8 heteroatoms. The molecule has 1 amide bonds. The Morgan fingerprint density at radius 3 is 2.54 bits per heavy atom. The van der Waals surface area contributed by atoms with Crippen molar-refractivity contribution in [3.8, 4) is 5.75 Å². The van der Waals surface area contributed by atoms with E-state index in [2.05, 4.69) is 15.5 Å². The molecule has 0 fully saturated rings. The molecule has 0 bridgehead atoms. The van der Waals surface area contributed by atoms with Gasteiger partial charge >= 0.3 is 0 Å². The molecule has 1 N–H and O–H groups in total. The van der Waals surface area contributed by atoms with Gasteiger partial charge in [0.25, 0.3) is 11.5 Å². The molecule has 136 valence electrons. The second-order valence-electron chi connectivity index (χ2n) is 6.78. The molecule has 3 rings (SSSR count). The van der Waals surface area contributed by atoms with E-state index in [0.717, 1.165) is 4.68 Å². The van der Waals surface area contributed by atoms with Gasteiger partial charge in [-0.25, -0.2) is 14.3 Å². The molecule has 0 saturated heterocycles. The Morgan fingerprint density at radius 1 is 1.23 bits per heavy atom. The van der Waals surface area contributed by atoms with Crippen molar-refractivity contribution in [3.63, 3.8) is 0 Å². The average molecular weight is 355 g/mol. The predicted molar refractivity (Wildman–Crippen MR) is 98.1 cm³/mol. The highest BCUT2D eigenvalue weighted by molar-refractivity contribution is 6.00. The first-order valence-electron chi connectivity index (χ1n) is 8.31. The first-order chi connectivity index (χ1) is 12.3. The van der Waals surface area contributed by atoms with E-state index in [1.54, 1.807) is 28.9 Å². The first kappa shape index (κ1) is 17.7. The van der Waals surface area contributed by atoms with Gasteiger partial charge in [0.1, 0.15) is 17.5 Å². The quantitative estimate of drug-likeness (QED) is 0.774. The van der Waals surface area contributed by atoms with Gasteiger partial charge < -0.3 is 4.74 Å². The number of carbonyl (C=O) groups excluding carboxylic acids is 1. The number of nitrogens with one attached hydrogen (secondary N) is 1. The number of ether oxygens (including phenoxy) is 1. The summed E-state index contributed by atoms with van der Waals surface area (Å²) in [6, 6.07) is 6.68. The van der Waals surface area contributed by atoms with Gasteiger partial charge in [0, 0.05) is 5.56 Å². The Morgan fingerprint density at radius 2 is 1.92 bits per heavy atom. The van der Waals surface area contributed by atoms with E-state index in [4.69, 9.17) is 4.74 Å². The van der Waals surface area contributed by atoms with Crippen LogP contribution in [0.3, 0.4) is 0 Å². The maximum absolute atomic E-state index is 12.6. The number of benzene rings is 1. The van der Waals surface area contributed by atoms with Gasteiger partial charge in [-0.3, -0.25) is 15.0 Å². The van der Waals surface area contributed by atoms with Gasteiger partial charge in [0.2, 0.25) is 0 Å². The van der Waals surface area contributed by atoms with Crippen LogP contribution in [-0.2, 0) is 5.54 Å². The SMILES string of the molecule is CCOc1ccc(C(=O)Nn2cnc3c(cnn3C(C)(C)C)c2=O)cc1. The van der Waals surface area contributed by atoms with Crippen molar-refractivity contribution in [2.24, 2.45) is 0 Å². The van der Waals surface area contributed by atoms with Crippen LogP contribution < -0.4 is 15.7 Å². The van der Waals surface area contributed by atoms with Crippen molar-refractivity contribution in [1.29, 1.82) is 0 Å². The lowest BCUT2D eigenvalue weighted by Gasteiger charge is -2.19. The summed E-state index contributed by atoms with van der Waals surface area (Å²) in [4.78, 5) is 29.3. The molecule has 0 aliphatic heterocycles. The zero-order chi connectivity index (χ0) is 18.9. The number of hydrogen-bond acceptors (Lipinski definition) is 5. The number of hydrogen-bond donors (Lipinski definition) is 1. The van der Waals surface area contributed by atoms with Crippen LogP contribution in [-0.4, -0.2) is 32.0 Å². The smallest absolute Gasteiger partial charge is 0.283 e. The van der Waals surface area contributed by atoms with E-state index in [0.29, 0.717) is 29.0 Å². The minimum Gasteiger partial charge on any atom is -0.494 e. The molecule has 2 aromatic heterocycles. The predicted octanol–water partition coefficient (Wildman–Crippen LogP) is 2.13. The second-order valence-corrected chi connectivity index (χ2v) is 6.78. The molecule has 0 spiro atoms. The number of carbonyl (C=O) groups is 1. The summed E-state index contributed by atoms with van der Waals surface area (Å²) in [6.07, 6.45) is 2.76. The fourth-order valence-electron chi connectivity index (χ4n) is 2.53. The van der Waals surface area contributed by atoms with E-state index >= 15 is 0 Å². The van der Waals surface area contributed by atoms with E-state index in [-0.39, 0.29) is 11.1 Å². The van der Waals surface area contributed by atoms with Crippen LogP contribution in [0.2, 0.25) is 0 Å². The molecule has 0 unspecified atom stereocenters. The van der Waals surface area contributed by atoms with Crippen molar-refractivity contribution in [2.45, 2.75) is 33.2 Å². The molecule has 3 aromatic rings. The Labute approximate surface area is 150 Å². The second kappa shape index (κ2) is 6.62. The Kier molecular flexibility index (Phi) is 4.50. The van der Waals surface area contributed by atoms with Crippen molar-refractivity contribution in [1.82, 2.24) is 19.4 Å². The molecular formula is C18H21N5O3. The van der Waals surface area contributed by atoms with Crippen molar-refractivity contribution in [3.05, 3.63) is 52.7 Å². The summed E-state index contributed by atoms with van der Waals surface area (Å²) in [6.45, 7) is 8.36. The number of nitrogens with zero attached hydrogens (tertiary/aromatic N) is 4. The van der Waals surface area contributed by atoms with Crippen LogP contribution in [0, 0.1) is 0 Å². The number of fused-ring (bicyclic) bond motifs is 1. The Balaban J connectivity index is 1.88. The average Bonchev–Trinajstić information content (AvgIpc) is 3.03. The molecule has 1 aromatic carbocycles. The molecule has 2 heterocycles. The lowest BCUT2D eigenvalue weighted by molar-refractivity contribution is 0.101. The van der Waals surface area contributed by atoms with Crippen LogP contribution in [0.4, 0.5) is 0 Å². The third-order valence-electron chi connectivity index (χ3n) is 3.77. The fourth-order valence-corrected chi connectivity index (χ4v) is 2.53. The summed E-state index contributed by atoms with van der Waals surface area (Å²) in [5, 5.41) is 4.59. The van der Waals surface area contributed by atoms with Crippen LogP contribution in [0.25, 0.3) is 11.0 Å². The third-order valence-corrected chi connectivity index (χ3v) is 3.77. The normalized spacial score (nSPS) is 11.5. The van der Waals surface area contributed by atoms with Crippen molar-refractivity contribution in [2.75, 3.05) is 12.0 Å². The summed E-state index contributed by atoms with van der Waals surface area (Å²) in [5.74, 6) is 0.262. The zero-order valence-electron chi connectivity index (χ0n) is 15.2. The summed E-state index contributed by atoms with van der Waals surface area (Å²) >= 11 is 0. The highest BCUT2D eigenvalue weighted by Crippen LogP contribution is 2.17. The standard InChI is InChI=1S/C18H21N5O3/c1-5-26-13-8-6-12(7-9-13)16(24)21-22-11-19-15-14(17(22)25)10-20-23(15)18(2,3)4/h6-11H,5H2,1-4H3,(H,21,24). The minimum atomic E-state index is -0.417. The summed E-state index contributed by atoms with van der Waals surface area (Å²) in [7, 11) is 0. The molecule has 0 aliphatic carbocycles. The lowest BCUT2D eigenvalue weighted by Crippen LogP contribution is -2.33. The van der Waals surface area contributed by atoms with Crippen LogP contribution in [0.5, 0.6) is 5.75 Å². The van der Waals surface area contributed by atoms with Gasteiger partial charge in [0.15, 0.2) is 5.65 Å². The molecule has 0 atom stereocenters. The number of aromatic nitrogens is 4. The van der Waals surface area contributed by atoms with E-state index in [1.165, 1.54) is 12.5 Å². The Bertz CT molecular complexity index is 996. The molecular weight excluding hydrogens is 334 g/mol. The monoisotopic (exact) mass is 355 g/mol. The summed E-state index contributed by atoms with van der Waals surface area (Å²) in [5.41, 5.74) is 2.74. The number of amides is 1. The van der Waals surface area contributed by atoms with Gasteiger partial charge in [-0.2, -0.15) is 5.10 Å². The van der Waals surface area contributed by atoms with Crippen molar-refractivity contribution >= 4 is 16.9 Å². The van der Waals surface area contributed by atoms with E-state index in [9.17, 15) is 9.59 Å². The van der Waals surface area contributed by atoms with Gasteiger partial charge in [-0.05, 0) is 52.0 Å². The molecule has 0 saturated carbocycles. The van der Waals surface area contributed by atoms with Crippen molar-refractivity contribution < 1.29 is 9.53 Å². The van der Waals surface area contributed by atoms with Gasteiger partial charge in [-0.15, -0.1) is 0 Å². The van der Waals surface area contributed by atoms with Gasteiger partial charge in [0.05, 0.1) is 18.3 Å². The van der Waals surface area contributed by atoms with Crippen LogP contribution in [0.1, 0.15) is 38.1 Å². The minimum absolute atomic E-state index is 0.307. The lowest BCUT2D eigenvalue weighted by atomic mass is 10.1. The Hall–Kier alpha value is -3.16. The van der Waals surface area contributed by atoms with Crippen LogP contribution in [0.15, 0.2) is 41.6 Å².